The van der Waals surface area contributed by atoms with Gasteiger partial charge in [-0.15, -0.1) is 0 Å². The van der Waals surface area contributed by atoms with Gasteiger partial charge in [-0.3, -0.25) is 4.79 Å². The fraction of sp³-hybridized carbons (Fsp3) is 0.125. The first-order valence-electron chi connectivity index (χ1n) is 3.67. The highest BCUT2D eigenvalue weighted by molar-refractivity contribution is 5.47. The molecule has 0 aliphatic rings. The maximum absolute atomic E-state index is 10.2. The molecule has 5 nitrogen and oxygen atoms in total. The van der Waals surface area contributed by atoms with Gasteiger partial charge < -0.3 is 5.32 Å². The third kappa shape index (κ3) is 2.50. The molecule has 0 heterocycles. The molecule has 1 aromatic rings. The van der Waals surface area contributed by atoms with Gasteiger partial charge in [0.1, 0.15) is 6.17 Å². The van der Waals surface area contributed by atoms with Gasteiger partial charge in [0.25, 0.3) is 0 Å². The molecule has 0 saturated carbocycles. The lowest BCUT2D eigenvalue weighted by molar-refractivity contribution is -0.110. The van der Waals surface area contributed by atoms with Crippen molar-refractivity contribution in [1.82, 2.24) is 5.32 Å². The van der Waals surface area contributed by atoms with Crippen LogP contribution in [0.25, 0.3) is 10.4 Å². The minimum Gasteiger partial charge on any atom is -0.346 e. The van der Waals surface area contributed by atoms with Crippen LogP contribution in [-0.4, -0.2) is 6.41 Å². The van der Waals surface area contributed by atoms with E-state index in [0.29, 0.717) is 6.41 Å². The average Bonchev–Trinajstić information content (AvgIpc) is 2.19. The minimum absolute atomic E-state index is 0.506. The summed E-state index contributed by atoms with van der Waals surface area (Å²) in [6.07, 6.45) is -0.115. The molecule has 1 rings (SSSR count). The number of nitrogens with one attached hydrogen (secondary N) is 1. The molecule has 1 aromatic carbocycles. The van der Waals surface area contributed by atoms with Gasteiger partial charge in [0.05, 0.1) is 0 Å². The lowest BCUT2D eigenvalue weighted by atomic mass is 10.2. The van der Waals surface area contributed by atoms with Crippen LogP contribution < -0.4 is 5.32 Å². The largest absolute Gasteiger partial charge is 0.346 e. The first kappa shape index (κ1) is 9.09. The number of carbonyl (C=O) groups excluding carboxylic acids is 1. The van der Waals surface area contributed by atoms with Crippen LogP contribution in [0.2, 0.25) is 0 Å². The van der Waals surface area contributed by atoms with E-state index in [1.807, 2.05) is 18.2 Å². The van der Waals surface area contributed by atoms with Crippen LogP contribution >= 0.6 is 0 Å². The molecule has 1 amide bonds. The molecular formula is C8H8N4O. The topological polar surface area (TPSA) is 77.9 Å². The zero-order valence-electron chi connectivity index (χ0n) is 6.79. The Hall–Kier alpha value is -2.00. The van der Waals surface area contributed by atoms with Gasteiger partial charge in [0.15, 0.2) is 0 Å². The van der Waals surface area contributed by atoms with Gasteiger partial charge in [-0.05, 0) is 11.1 Å². The van der Waals surface area contributed by atoms with E-state index < -0.39 is 6.17 Å². The SMILES string of the molecule is [N-]=[N+]=NC(NC=O)c1ccccc1. The number of azide groups is 1. The molecule has 1 N–H and O–H groups in total. The van der Waals surface area contributed by atoms with E-state index in [2.05, 4.69) is 15.3 Å². The Labute approximate surface area is 75.0 Å². The van der Waals surface area contributed by atoms with Crippen molar-refractivity contribution < 1.29 is 4.79 Å². The fourth-order valence-corrected chi connectivity index (χ4v) is 0.948. The van der Waals surface area contributed by atoms with E-state index in [1.165, 1.54) is 0 Å². The molecule has 0 bridgehead atoms. The standard InChI is InChI=1S/C8H8N4O/c9-12-11-8(10-6-13)7-4-2-1-3-5-7/h1-6,8H,(H,10,13). The van der Waals surface area contributed by atoms with Gasteiger partial charge in [-0.2, -0.15) is 0 Å². The second-order valence-corrected chi connectivity index (χ2v) is 2.30. The quantitative estimate of drug-likeness (QED) is 0.322. The summed E-state index contributed by atoms with van der Waals surface area (Å²) in [6, 6.07) is 9.01. The molecule has 66 valence electrons. The van der Waals surface area contributed by atoms with E-state index >= 15 is 0 Å². The van der Waals surface area contributed by atoms with Gasteiger partial charge in [0.2, 0.25) is 6.41 Å². The molecule has 0 saturated heterocycles. The summed E-state index contributed by atoms with van der Waals surface area (Å²) < 4.78 is 0. The Morgan fingerprint density at radius 1 is 1.46 bits per heavy atom. The van der Waals surface area contributed by atoms with Crippen LogP contribution in [0.3, 0.4) is 0 Å². The van der Waals surface area contributed by atoms with Crippen molar-refractivity contribution in [3.63, 3.8) is 0 Å². The van der Waals surface area contributed by atoms with E-state index in [4.69, 9.17) is 5.53 Å². The van der Waals surface area contributed by atoms with Crippen molar-refractivity contribution in [1.29, 1.82) is 0 Å². The highest BCUT2D eigenvalue weighted by atomic mass is 16.1. The summed E-state index contributed by atoms with van der Waals surface area (Å²) >= 11 is 0. The monoisotopic (exact) mass is 176 g/mol. The Bertz CT molecular complexity index is 318. The van der Waals surface area contributed by atoms with Crippen molar-refractivity contribution in [2.45, 2.75) is 6.17 Å². The zero-order chi connectivity index (χ0) is 9.52. The number of amides is 1. The van der Waals surface area contributed by atoms with Crippen LogP contribution in [0, 0.1) is 0 Å². The Morgan fingerprint density at radius 2 is 2.15 bits per heavy atom. The van der Waals surface area contributed by atoms with Crippen LogP contribution in [0.5, 0.6) is 0 Å². The summed E-state index contributed by atoms with van der Waals surface area (Å²) in [7, 11) is 0. The first-order valence-corrected chi connectivity index (χ1v) is 3.67. The molecule has 5 heteroatoms. The number of hydrogen-bond acceptors (Lipinski definition) is 2. The Kier molecular flexibility index (Phi) is 3.35. The lowest BCUT2D eigenvalue weighted by Crippen LogP contribution is -2.16. The third-order valence-corrected chi connectivity index (χ3v) is 1.51. The fourth-order valence-electron chi connectivity index (χ4n) is 0.948. The molecule has 1 unspecified atom stereocenters. The van der Waals surface area contributed by atoms with E-state index in [9.17, 15) is 4.79 Å². The van der Waals surface area contributed by atoms with E-state index in [-0.39, 0.29) is 0 Å². The highest BCUT2D eigenvalue weighted by Crippen LogP contribution is 2.12. The lowest BCUT2D eigenvalue weighted by Gasteiger charge is -2.08. The predicted octanol–water partition coefficient (Wildman–Crippen LogP) is 1.74. The predicted molar refractivity (Wildman–Crippen MR) is 47.5 cm³/mol. The second kappa shape index (κ2) is 4.79. The van der Waals surface area contributed by atoms with Crippen molar-refractivity contribution in [3.8, 4) is 0 Å². The summed E-state index contributed by atoms with van der Waals surface area (Å²) in [5.41, 5.74) is 8.98. The zero-order valence-corrected chi connectivity index (χ0v) is 6.79. The minimum atomic E-state index is -0.622. The molecule has 13 heavy (non-hydrogen) atoms. The van der Waals surface area contributed by atoms with Crippen LogP contribution in [0.4, 0.5) is 0 Å². The summed E-state index contributed by atoms with van der Waals surface area (Å²) in [6.45, 7) is 0. The van der Waals surface area contributed by atoms with E-state index in [0.717, 1.165) is 5.56 Å². The number of rotatable bonds is 4. The third-order valence-electron chi connectivity index (χ3n) is 1.51. The van der Waals surface area contributed by atoms with Crippen molar-refractivity contribution in [2.24, 2.45) is 5.11 Å². The number of nitrogens with zero attached hydrogens (tertiary/aromatic N) is 3. The van der Waals surface area contributed by atoms with Crippen LogP contribution in [-0.2, 0) is 4.79 Å². The first-order chi connectivity index (χ1) is 6.38. The normalized spacial score (nSPS) is 11.1. The van der Waals surface area contributed by atoms with Crippen LogP contribution in [0.1, 0.15) is 11.7 Å². The molecular weight excluding hydrogens is 168 g/mol. The van der Waals surface area contributed by atoms with Gasteiger partial charge in [0, 0.05) is 4.91 Å². The second-order valence-electron chi connectivity index (χ2n) is 2.30. The van der Waals surface area contributed by atoms with Gasteiger partial charge >= 0.3 is 0 Å². The maximum atomic E-state index is 10.2. The number of benzene rings is 1. The molecule has 0 fully saturated rings. The summed E-state index contributed by atoms with van der Waals surface area (Å²) in [5, 5.41) is 5.82. The highest BCUT2D eigenvalue weighted by Gasteiger charge is 2.05. The van der Waals surface area contributed by atoms with Crippen molar-refractivity contribution in [3.05, 3.63) is 46.3 Å². The molecule has 0 spiro atoms. The molecule has 1 atom stereocenters. The van der Waals surface area contributed by atoms with Crippen molar-refractivity contribution >= 4 is 6.41 Å². The van der Waals surface area contributed by atoms with E-state index in [1.54, 1.807) is 12.1 Å². The van der Waals surface area contributed by atoms with Gasteiger partial charge in [-0.25, -0.2) is 0 Å². The molecule has 0 aromatic heterocycles. The Balaban J connectivity index is 2.87. The smallest absolute Gasteiger partial charge is 0.207 e. The Morgan fingerprint density at radius 3 is 2.69 bits per heavy atom. The van der Waals surface area contributed by atoms with Crippen molar-refractivity contribution in [2.75, 3.05) is 0 Å². The molecule has 0 aliphatic carbocycles. The molecule has 0 radical (unpaired) electrons. The maximum Gasteiger partial charge on any atom is 0.207 e. The van der Waals surface area contributed by atoms with Crippen LogP contribution in [0.15, 0.2) is 35.4 Å². The van der Waals surface area contributed by atoms with Gasteiger partial charge in [-0.1, -0.05) is 35.4 Å². The summed E-state index contributed by atoms with van der Waals surface area (Å²) in [5.74, 6) is 0. The average molecular weight is 176 g/mol. The number of hydrogen-bond donors (Lipinski definition) is 1. The summed E-state index contributed by atoms with van der Waals surface area (Å²) in [4.78, 5) is 12.8. The molecule has 0 aliphatic heterocycles. The number of carbonyl (C=O) groups is 1.